The first-order valence-corrected chi connectivity index (χ1v) is 11.7. The molecule has 0 radical (unpaired) electrons. The molecule has 5 rings (SSSR count). The second kappa shape index (κ2) is 8.95. The zero-order chi connectivity index (χ0) is 25.6. The number of phenols is 1. The van der Waals surface area contributed by atoms with Crippen LogP contribution in [0.15, 0.2) is 36.5 Å². The zero-order valence-electron chi connectivity index (χ0n) is 20.9. The summed E-state index contributed by atoms with van der Waals surface area (Å²) in [7, 11) is 3.55. The van der Waals surface area contributed by atoms with Crippen molar-refractivity contribution in [2.75, 3.05) is 19.4 Å². The maximum absolute atomic E-state index is 13.7. The van der Waals surface area contributed by atoms with E-state index in [1.165, 1.54) is 6.07 Å². The normalized spacial score (nSPS) is 11.4. The fraction of sp³-hybridized carbons (Fsp3) is 0.269. The van der Waals surface area contributed by atoms with Gasteiger partial charge < -0.3 is 15.3 Å². The molecule has 0 saturated heterocycles. The van der Waals surface area contributed by atoms with Crippen LogP contribution in [0.1, 0.15) is 34.2 Å². The highest BCUT2D eigenvalue weighted by Crippen LogP contribution is 2.31. The Labute approximate surface area is 208 Å². The van der Waals surface area contributed by atoms with Crippen molar-refractivity contribution in [3.63, 3.8) is 0 Å². The van der Waals surface area contributed by atoms with Gasteiger partial charge in [-0.15, -0.1) is 0 Å². The van der Waals surface area contributed by atoms with E-state index in [2.05, 4.69) is 20.6 Å². The minimum atomic E-state index is -0.268. The van der Waals surface area contributed by atoms with E-state index in [0.29, 0.717) is 23.3 Å². The summed E-state index contributed by atoms with van der Waals surface area (Å²) in [5.74, 6) is 0.930. The largest absolute Gasteiger partial charge is 0.508 e. The number of aromatic nitrogens is 6. The van der Waals surface area contributed by atoms with Crippen LogP contribution in [-0.2, 0) is 13.1 Å². The third-order valence-corrected chi connectivity index (χ3v) is 6.53. The topological polar surface area (TPSA) is 125 Å². The van der Waals surface area contributed by atoms with Gasteiger partial charge in [-0.3, -0.25) is 14.6 Å². The molecule has 3 N–H and O–H groups in total. The molecular weight excluding hydrogens is 456 g/mol. The van der Waals surface area contributed by atoms with Crippen LogP contribution in [0.25, 0.3) is 33.2 Å². The maximum Gasteiger partial charge on any atom is 0.273 e. The van der Waals surface area contributed by atoms with Crippen LogP contribution < -0.4 is 5.32 Å². The number of H-pyrrole nitrogens is 1. The molecule has 184 valence electrons. The Morgan fingerprint density at radius 3 is 2.69 bits per heavy atom. The van der Waals surface area contributed by atoms with Gasteiger partial charge in [0.15, 0.2) is 11.6 Å². The maximum atomic E-state index is 13.7. The molecular formula is C26H28N8O2. The smallest absolute Gasteiger partial charge is 0.273 e. The van der Waals surface area contributed by atoms with Crippen molar-refractivity contribution in [2.24, 2.45) is 0 Å². The van der Waals surface area contributed by atoms with Crippen molar-refractivity contribution < 1.29 is 9.90 Å². The monoisotopic (exact) mass is 484 g/mol. The Balaban J connectivity index is 1.62. The number of aromatic hydroxyl groups is 1. The summed E-state index contributed by atoms with van der Waals surface area (Å²) >= 11 is 0. The predicted molar refractivity (Wildman–Crippen MR) is 139 cm³/mol. The number of rotatable bonds is 6. The number of amides is 1. The fourth-order valence-corrected chi connectivity index (χ4v) is 4.47. The Morgan fingerprint density at radius 1 is 1.17 bits per heavy atom. The highest BCUT2D eigenvalue weighted by atomic mass is 16.3. The first-order valence-electron chi connectivity index (χ1n) is 11.7. The molecule has 0 aliphatic carbocycles. The summed E-state index contributed by atoms with van der Waals surface area (Å²) in [6.07, 6.45) is 1.79. The average molecular weight is 485 g/mol. The standard InChI is InChI=1S/C26H28N8O2/c1-6-34-15(3)16(12-28-34)13-33(5)26(36)23-19-10-17(35)7-8-21(19)29-25(30-23)18-11-20-22(9-14(18)2)31-32-24(20)27-4/h7-12,35H,6,13H2,1-5H3,(H2,27,31,32). The lowest BCUT2D eigenvalue weighted by molar-refractivity contribution is 0.0781. The van der Waals surface area contributed by atoms with E-state index in [9.17, 15) is 9.90 Å². The summed E-state index contributed by atoms with van der Waals surface area (Å²) < 4.78 is 1.90. The van der Waals surface area contributed by atoms with E-state index in [1.54, 1.807) is 30.3 Å². The van der Waals surface area contributed by atoms with Gasteiger partial charge in [-0.25, -0.2) is 9.97 Å². The summed E-state index contributed by atoms with van der Waals surface area (Å²) in [5.41, 5.74) is 5.43. The van der Waals surface area contributed by atoms with E-state index in [-0.39, 0.29) is 17.4 Å². The Kier molecular flexibility index (Phi) is 5.79. The Hall–Kier alpha value is -4.47. The highest BCUT2D eigenvalue weighted by Gasteiger charge is 2.22. The van der Waals surface area contributed by atoms with Crippen LogP contribution >= 0.6 is 0 Å². The van der Waals surface area contributed by atoms with Gasteiger partial charge in [0.05, 0.1) is 17.2 Å². The number of hydrogen-bond acceptors (Lipinski definition) is 7. The third kappa shape index (κ3) is 3.90. The molecule has 0 fully saturated rings. The number of carbonyl (C=O) groups excluding carboxylic acids is 1. The van der Waals surface area contributed by atoms with Gasteiger partial charge >= 0.3 is 0 Å². The SMILES string of the molecule is CCn1ncc(CN(C)C(=O)c2nc(-c3cc4c(NC)n[nH]c4cc3C)nc3ccc(O)cc23)c1C. The molecule has 3 heterocycles. The summed E-state index contributed by atoms with van der Waals surface area (Å²) in [6, 6.07) is 8.76. The minimum Gasteiger partial charge on any atom is -0.508 e. The van der Waals surface area contributed by atoms with Gasteiger partial charge in [0.1, 0.15) is 11.4 Å². The molecule has 36 heavy (non-hydrogen) atoms. The molecule has 0 unspecified atom stereocenters. The van der Waals surface area contributed by atoms with E-state index in [4.69, 9.17) is 9.97 Å². The lowest BCUT2D eigenvalue weighted by atomic mass is 10.0. The number of hydrogen-bond donors (Lipinski definition) is 3. The number of nitrogens with one attached hydrogen (secondary N) is 2. The molecule has 5 aromatic rings. The van der Waals surface area contributed by atoms with E-state index in [1.807, 2.05) is 44.6 Å². The van der Waals surface area contributed by atoms with Crippen molar-refractivity contribution in [1.29, 1.82) is 0 Å². The number of anilines is 1. The molecule has 0 saturated carbocycles. The van der Waals surface area contributed by atoms with Gasteiger partial charge in [0.25, 0.3) is 5.91 Å². The van der Waals surface area contributed by atoms with E-state index in [0.717, 1.165) is 45.6 Å². The van der Waals surface area contributed by atoms with Crippen molar-refractivity contribution in [1.82, 2.24) is 34.8 Å². The number of nitrogens with zero attached hydrogens (tertiary/aromatic N) is 6. The van der Waals surface area contributed by atoms with Gasteiger partial charge in [0, 0.05) is 54.8 Å². The van der Waals surface area contributed by atoms with Crippen LogP contribution in [-0.4, -0.2) is 60.0 Å². The number of benzene rings is 2. The van der Waals surface area contributed by atoms with Crippen LogP contribution in [0.5, 0.6) is 5.75 Å². The van der Waals surface area contributed by atoms with Crippen LogP contribution in [0.4, 0.5) is 5.82 Å². The second-order valence-corrected chi connectivity index (χ2v) is 8.86. The summed E-state index contributed by atoms with van der Waals surface area (Å²) in [4.78, 5) is 24.8. The molecule has 10 nitrogen and oxygen atoms in total. The quantitative estimate of drug-likeness (QED) is 0.332. The number of fused-ring (bicyclic) bond motifs is 2. The van der Waals surface area contributed by atoms with Crippen molar-refractivity contribution in [3.05, 3.63) is 59.0 Å². The average Bonchev–Trinajstić information content (AvgIpc) is 3.44. The van der Waals surface area contributed by atoms with Crippen LogP contribution in [0.3, 0.4) is 0 Å². The Bertz CT molecular complexity index is 1620. The molecule has 0 bridgehead atoms. The van der Waals surface area contributed by atoms with Gasteiger partial charge in [0.2, 0.25) is 0 Å². The lowest BCUT2D eigenvalue weighted by Gasteiger charge is -2.18. The first-order chi connectivity index (χ1) is 17.3. The summed E-state index contributed by atoms with van der Waals surface area (Å²) in [6.45, 7) is 7.14. The molecule has 1 amide bonds. The van der Waals surface area contributed by atoms with Crippen LogP contribution in [0, 0.1) is 13.8 Å². The first kappa shape index (κ1) is 23.3. The van der Waals surface area contributed by atoms with Crippen molar-refractivity contribution in [2.45, 2.75) is 33.9 Å². The van der Waals surface area contributed by atoms with E-state index >= 15 is 0 Å². The third-order valence-electron chi connectivity index (χ3n) is 6.53. The minimum absolute atomic E-state index is 0.0466. The van der Waals surface area contributed by atoms with Gasteiger partial charge in [-0.1, -0.05) is 0 Å². The zero-order valence-corrected chi connectivity index (χ0v) is 20.9. The second-order valence-electron chi connectivity index (χ2n) is 8.86. The lowest BCUT2D eigenvalue weighted by Crippen LogP contribution is -2.27. The molecule has 0 aliphatic heterocycles. The number of aryl methyl sites for hydroxylation is 2. The molecule has 0 spiro atoms. The number of aromatic amines is 1. The highest BCUT2D eigenvalue weighted by molar-refractivity contribution is 6.05. The molecule has 0 atom stereocenters. The molecule has 10 heteroatoms. The van der Waals surface area contributed by atoms with Crippen LogP contribution in [0.2, 0.25) is 0 Å². The number of carbonyl (C=O) groups is 1. The van der Waals surface area contributed by atoms with Gasteiger partial charge in [-0.2, -0.15) is 10.2 Å². The number of phenolic OH excluding ortho intramolecular Hbond substituents is 1. The molecule has 2 aromatic carbocycles. The predicted octanol–water partition coefficient (Wildman–Crippen LogP) is 4.03. The molecule has 3 aromatic heterocycles. The summed E-state index contributed by atoms with van der Waals surface area (Å²) in [5, 5.41) is 26.3. The van der Waals surface area contributed by atoms with E-state index < -0.39 is 0 Å². The fourth-order valence-electron chi connectivity index (χ4n) is 4.47. The Morgan fingerprint density at radius 2 is 1.97 bits per heavy atom. The van der Waals surface area contributed by atoms with Crippen molar-refractivity contribution >= 4 is 33.5 Å². The molecule has 0 aliphatic rings. The van der Waals surface area contributed by atoms with Gasteiger partial charge in [-0.05, 0) is 56.7 Å². The van der Waals surface area contributed by atoms with Crippen molar-refractivity contribution in [3.8, 4) is 17.1 Å².